The van der Waals surface area contributed by atoms with Gasteiger partial charge in [0.2, 0.25) is 0 Å². The molecule has 0 amide bonds. The van der Waals surface area contributed by atoms with Crippen LogP contribution in [-0.4, -0.2) is 12.6 Å². The fraction of sp³-hybridized carbons (Fsp3) is 0.917. The lowest BCUT2D eigenvalue weighted by Gasteiger charge is -2.29. The van der Waals surface area contributed by atoms with Gasteiger partial charge in [0.15, 0.2) is 0 Å². The molecule has 0 radical (unpaired) electrons. The summed E-state index contributed by atoms with van der Waals surface area (Å²) in [5.41, 5.74) is 0.345. The summed E-state index contributed by atoms with van der Waals surface area (Å²) in [5, 5.41) is 12.1. The summed E-state index contributed by atoms with van der Waals surface area (Å²) in [6, 6.07) is 2.58. The first kappa shape index (κ1) is 13.4. The first-order valence-corrected chi connectivity index (χ1v) is 5.52. The van der Waals surface area contributed by atoms with Gasteiger partial charge in [0.1, 0.15) is 0 Å². The van der Waals surface area contributed by atoms with E-state index in [2.05, 4.69) is 46.0 Å². The lowest BCUT2D eigenvalue weighted by molar-refractivity contribution is 0.244. The highest BCUT2D eigenvalue weighted by atomic mass is 14.9. The monoisotopic (exact) mass is 196 g/mol. The Morgan fingerprint density at radius 1 is 1.36 bits per heavy atom. The lowest BCUT2D eigenvalue weighted by atomic mass is 9.82. The van der Waals surface area contributed by atoms with E-state index in [0.29, 0.717) is 23.8 Å². The highest BCUT2D eigenvalue weighted by Crippen LogP contribution is 2.24. The Labute approximate surface area is 88.7 Å². The third-order valence-electron chi connectivity index (χ3n) is 3.02. The van der Waals surface area contributed by atoms with Gasteiger partial charge in [-0.1, -0.05) is 34.6 Å². The number of rotatable bonds is 5. The van der Waals surface area contributed by atoms with Crippen molar-refractivity contribution in [1.82, 2.24) is 5.32 Å². The van der Waals surface area contributed by atoms with Gasteiger partial charge < -0.3 is 5.32 Å². The minimum absolute atomic E-state index is 0.345. The molecule has 0 spiro atoms. The molecule has 0 aliphatic carbocycles. The maximum absolute atomic E-state index is 8.60. The molecule has 2 nitrogen and oxygen atoms in total. The molecule has 0 aliphatic heterocycles. The fourth-order valence-electron chi connectivity index (χ4n) is 1.12. The zero-order chi connectivity index (χ0) is 11.2. The summed E-state index contributed by atoms with van der Waals surface area (Å²) in [6.07, 6.45) is 1.65. The Bertz CT molecular complexity index is 185. The molecule has 0 aromatic carbocycles. The van der Waals surface area contributed by atoms with Gasteiger partial charge >= 0.3 is 0 Å². The molecular weight excluding hydrogens is 172 g/mol. The largest absolute Gasteiger partial charge is 0.313 e. The minimum atomic E-state index is 0.345. The van der Waals surface area contributed by atoms with Crippen LogP contribution < -0.4 is 5.32 Å². The van der Waals surface area contributed by atoms with Crippen molar-refractivity contribution in [3.8, 4) is 6.07 Å². The van der Waals surface area contributed by atoms with Crippen LogP contribution in [0.4, 0.5) is 0 Å². The third kappa shape index (κ3) is 5.24. The average Bonchev–Trinajstić information content (AvgIpc) is 2.10. The van der Waals surface area contributed by atoms with Crippen molar-refractivity contribution in [2.45, 2.75) is 53.5 Å². The molecule has 0 saturated heterocycles. The van der Waals surface area contributed by atoms with Crippen molar-refractivity contribution in [1.29, 1.82) is 5.26 Å². The second-order valence-electron chi connectivity index (χ2n) is 5.14. The van der Waals surface area contributed by atoms with E-state index < -0.39 is 0 Å². The van der Waals surface area contributed by atoms with Gasteiger partial charge in [0.25, 0.3) is 0 Å². The molecule has 0 fully saturated rings. The predicted molar refractivity (Wildman–Crippen MR) is 60.9 cm³/mol. The van der Waals surface area contributed by atoms with Crippen LogP contribution in [0.3, 0.4) is 0 Å². The Kier molecular flexibility index (Phi) is 5.79. The van der Waals surface area contributed by atoms with Gasteiger partial charge in [-0.05, 0) is 24.3 Å². The molecule has 14 heavy (non-hydrogen) atoms. The van der Waals surface area contributed by atoms with Crippen molar-refractivity contribution < 1.29 is 0 Å². The second-order valence-corrected chi connectivity index (χ2v) is 5.14. The Hall–Kier alpha value is -0.550. The van der Waals surface area contributed by atoms with Crippen LogP contribution in [0, 0.1) is 22.7 Å². The summed E-state index contributed by atoms with van der Waals surface area (Å²) in [6.45, 7) is 12.1. The molecule has 0 heterocycles. The molecule has 0 bridgehead atoms. The van der Waals surface area contributed by atoms with E-state index in [-0.39, 0.29) is 0 Å². The quantitative estimate of drug-likeness (QED) is 0.734. The lowest BCUT2D eigenvalue weighted by Crippen LogP contribution is -2.36. The standard InChI is InChI=1S/C12H24N2/c1-6-11(7-8-13)14-9-10(2)12(3,4)5/h10-11,14H,6-7,9H2,1-5H3. The van der Waals surface area contributed by atoms with E-state index >= 15 is 0 Å². The summed E-state index contributed by atoms with van der Waals surface area (Å²) >= 11 is 0. The summed E-state index contributed by atoms with van der Waals surface area (Å²) in [7, 11) is 0. The van der Waals surface area contributed by atoms with Crippen molar-refractivity contribution in [2.75, 3.05) is 6.54 Å². The summed E-state index contributed by atoms with van der Waals surface area (Å²) in [5.74, 6) is 0.634. The van der Waals surface area contributed by atoms with E-state index in [1.807, 2.05) is 0 Å². The van der Waals surface area contributed by atoms with Gasteiger partial charge in [-0.2, -0.15) is 5.26 Å². The van der Waals surface area contributed by atoms with Crippen LogP contribution in [0.15, 0.2) is 0 Å². The highest BCUT2D eigenvalue weighted by molar-refractivity contribution is 4.81. The molecule has 2 unspecified atom stereocenters. The van der Waals surface area contributed by atoms with Crippen molar-refractivity contribution in [2.24, 2.45) is 11.3 Å². The molecule has 0 aromatic rings. The molecular formula is C12H24N2. The highest BCUT2D eigenvalue weighted by Gasteiger charge is 2.20. The number of nitriles is 1. The van der Waals surface area contributed by atoms with E-state index in [4.69, 9.17) is 5.26 Å². The maximum Gasteiger partial charge on any atom is 0.0638 e. The van der Waals surface area contributed by atoms with Crippen LogP contribution in [0.2, 0.25) is 0 Å². The average molecular weight is 196 g/mol. The predicted octanol–water partition coefficient (Wildman–Crippen LogP) is 2.95. The van der Waals surface area contributed by atoms with E-state index in [1.165, 1.54) is 0 Å². The normalized spacial score (nSPS) is 16.0. The smallest absolute Gasteiger partial charge is 0.0638 e. The van der Waals surface area contributed by atoms with Crippen LogP contribution in [-0.2, 0) is 0 Å². The topological polar surface area (TPSA) is 35.8 Å². The fourth-order valence-corrected chi connectivity index (χ4v) is 1.12. The van der Waals surface area contributed by atoms with E-state index in [9.17, 15) is 0 Å². The maximum atomic E-state index is 8.60. The SMILES string of the molecule is CCC(CC#N)NCC(C)C(C)(C)C. The third-order valence-corrected chi connectivity index (χ3v) is 3.02. The number of hydrogen-bond acceptors (Lipinski definition) is 2. The van der Waals surface area contributed by atoms with Crippen molar-refractivity contribution >= 4 is 0 Å². The van der Waals surface area contributed by atoms with Crippen LogP contribution in [0.5, 0.6) is 0 Å². The van der Waals surface area contributed by atoms with Crippen LogP contribution >= 0.6 is 0 Å². The van der Waals surface area contributed by atoms with Gasteiger partial charge in [-0.25, -0.2) is 0 Å². The first-order valence-electron chi connectivity index (χ1n) is 5.52. The second kappa shape index (κ2) is 6.03. The van der Waals surface area contributed by atoms with Crippen LogP contribution in [0.25, 0.3) is 0 Å². The van der Waals surface area contributed by atoms with Crippen molar-refractivity contribution in [3.63, 3.8) is 0 Å². The van der Waals surface area contributed by atoms with Gasteiger partial charge in [0, 0.05) is 6.04 Å². The minimum Gasteiger partial charge on any atom is -0.313 e. The van der Waals surface area contributed by atoms with Crippen molar-refractivity contribution in [3.05, 3.63) is 0 Å². The Balaban J connectivity index is 3.86. The molecule has 0 saturated carbocycles. The Morgan fingerprint density at radius 3 is 2.29 bits per heavy atom. The molecule has 0 aliphatic rings. The van der Waals surface area contributed by atoms with Crippen LogP contribution in [0.1, 0.15) is 47.5 Å². The molecule has 2 heteroatoms. The van der Waals surface area contributed by atoms with E-state index in [0.717, 1.165) is 13.0 Å². The zero-order valence-electron chi connectivity index (χ0n) is 10.2. The molecule has 1 N–H and O–H groups in total. The van der Waals surface area contributed by atoms with Gasteiger partial charge in [-0.3, -0.25) is 0 Å². The van der Waals surface area contributed by atoms with Gasteiger partial charge in [0.05, 0.1) is 12.5 Å². The summed E-state index contributed by atoms with van der Waals surface area (Å²) < 4.78 is 0. The zero-order valence-corrected chi connectivity index (χ0v) is 10.2. The molecule has 0 rings (SSSR count). The Morgan fingerprint density at radius 2 is 1.93 bits per heavy atom. The summed E-state index contributed by atoms with van der Waals surface area (Å²) in [4.78, 5) is 0. The molecule has 82 valence electrons. The van der Waals surface area contributed by atoms with Gasteiger partial charge in [-0.15, -0.1) is 0 Å². The first-order chi connectivity index (χ1) is 6.41. The van der Waals surface area contributed by atoms with E-state index in [1.54, 1.807) is 0 Å². The molecule has 0 aromatic heterocycles. The number of nitrogens with zero attached hydrogens (tertiary/aromatic N) is 1. The number of hydrogen-bond donors (Lipinski definition) is 1. The number of nitrogens with one attached hydrogen (secondary N) is 1. The molecule has 2 atom stereocenters.